The Morgan fingerprint density at radius 1 is 1.33 bits per heavy atom. The second-order valence-corrected chi connectivity index (χ2v) is 7.62. The number of nitrogens with zero attached hydrogens (tertiary/aromatic N) is 1. The predicted octanol–water partition coefficient (Wildman–Crippen LogP) is 0.0876. The number of anilines is 1. The van der Waals surface area contributed by atoms with Crippen molar-refractivity contribution >= 4 is 35.0 Å². The summed E-state index contributed by atoms with van der Waals surface area (Å²) >= 11 is 6.14. The summed E-state index contributed by atoms with van der Waals surface area (Å²) in [6.45, 7) is 1.84. The van der Waals surface area contributed by atoms with Crippen LogP contribution < -0.4 is 10.6 Å². The van der Waals surface area contributed by atoms with Gasteiger partial charge in [0.1, 0.15) is 5.54 Å². The van der Waals surface area contributed by atoms with E-state index in [9.17, 15) is 19.5 Å². The van der Waals surface area contributed by atoms with Crippen LogP contribution in [0.15, 0.2) is 18.2 Å². The van der Waals surface area contributed by atoms with Crippen molar-refractivity contribution in [1.29, 1.82) is 0 Å². The third kappa shape index (κ3) is 2.37. The fraction of sp³-hybridized carbons (Fsp3) is 0.500. The number of carbonyl (C=O) groups excluding carboxylic acids is 3. The van der Waals surface area contributed by atoms with Crippen molar-refractivity contribution in [3.8, 4) is 0 Å². The minimum absolute atomic E-state index is 0.105. The standard InChI is InChI=1S/C18H20ClN3O5/c1-8(23)14-12-13(16(25)22(15(12)24)5-6-27-2)18(21-14)10-7-9(19)3-4-11(10)20-17(18)26/h3-4,7-8,12-14,21,23H,5-6H2,1-2H3,(H,20,26)/t8-,12-,13-,14-,18-/m0/s1. The van der Waals surface area contributed by atoms with Gasteiger partial charge in [0, 0.05) is 29.4 Å². The van der Waals surface area contributed by atoms with E-state index in [1.54, 1.807) is 18.2 Å². The van der Waals surface area contributed by atoms with Gasteiger partial charge in [-0.3, -0.25) is 24.6 Å². The summed E-state index contributed by atoms with van der Waals surface area (Å²) in [6, 6.07) is 4.19. The van der Waals surface area contributed by atoms with E-state index in [-0.39, 0.29) is 13.2 Å². The zero-order chi connectivity index (χ0) is 19.5. The number of methoxy groups -OCH3 is 1. The van der Waals surface area contributed by atoms with Crippen molar-refractivity contribution < 1.29 is 24.2 Å². The molecule has 144 valence electrons. The summed E-state index contributed by atoms with van der Waals surface area (Å²) in [5.74, 6) is -3.07. The molecule has 0 radical (unpaired) electrons. The van der Waals surface area contributed by atoms with E-state index >= 15 is 0 Å². The first-order chi connectivity index (χ1) is 12.8. The lowest BCUT2D eigenvalue weighted by Crippen LogP contribution is -2.55. The Bertz CT molecular complexity index is 844. The number of rotatable bonds is 4. The number of halogens is 1. The van der Waals surface area contributed by atoms with E-state index in [4.69, 9.17) is 16.3 Å². The first-order valence-corrected chi connectivity index (χ1v) is 9.12. The van der Waals surface area contributed by atoms with Gasteiger partial charge in [-0.25, -0.2) is 0 Å². The van der Waals surface area contributed by atoms with E-state index < -0.39 is 47.2 Å². The maximum atomic E-state index is 13.2. The van der Waals surface area contributed by atoms with Gasteiger partial charge in [-0.05, 0) is 25.1 Å². The molecule has 0 bridgehead atoms. The summed E-state index contributed by atoms with van der Waals surface area (Å²) in [7, 11) is 1.48. The van der Waals surface area contributed by atoms with Gasteiger partial charge < -0.3 is 15.2 Å². The number of aliphatic hydroxyl groups excluding tert-OH is 1. The van der Waals surface area contributed by atoms with Crippen molar-refractivity contribution in [3.63, 3.8) is 0 Å². The fourth-order valence-corrected chi connectivity index (χ4v) is 4.75. The summed E-state index contributed by atoms with van der Waals surface area (Å²) in [6.07, 6.45) is -0.938. The molecule has 3 aliphatic heterocycles. The number of hydrogen-bond acceptors (Lipinski definition) is 6. The number of aliphatic hydroxyl groups is 1. The van der Waals surface area contributed by atoms with Gasteiger partial charge >= 0.3 is 0 Å². The monoisotopic (exact) mass is 393 g/mol. The Morgan fingerprint density at radius 3 is 2.74 bits per heavy atom. The summed E-state index contributed by atoms with van der Waals surface area (Å²) in [5, 5.41) is 16.6. The van der Waals surface area contributed by atoms with Gasteiger partial charge in [-0.2, -0.15) is 0 Å². The molecular formula is C18H20ClN3O5. The van der Waals surface area contributed by atoms with Crippen LogP contribution in [-0.4, -0.2) is 60.1 Å². The summed E-state index contributed by atoms with van der Waals surface area (Å²) in [4.78, 5) is 40.3. The molecule has 0 unspecified atom stereocenters. The second-order valence-electron chi connectivity index (χ2n) is 7.19. The number of likely N-dealkylation sites (tertiary alicyclic amines) is 1. The number of nitrogens with one attached hydrogen (secondary N) is 2. The molecule has 8 nitrogen and oxygen atoms in total. The van der Waals surface area contributed by atoms with E-state index in [1.807, 2.05) is 0 Å². The molecule has 0 aliphatic carbocycles. The molecule has 0 saturated carbocycles. The van der Waals surface area contributed by atoms with Gasteiger partial charge in [0.15, 0.2) is 0 Å². The third-order valence-electron chi connectivity index (χ3n) is 5.74. The number of amides is 3. The summed E-state index contributed by atoms with van der Waals surface area (Å²) < 4.78 is 5.00. The van der Waals surface area contributed by atoms with E-state index in [0.717, 1.165) is 4.90 Å². The average Bonchev–Trinajstić information content (AvgIpc) is 3.20. The van der Waals surface area contributed by atoms with E-state index in [1.165, 1.54) is 14.0 Å². The molecule has 1 spiro atoms. The van der Waals surface area contributed by atoms with Crippen molar-refractivity contribution in [2.75, 3.05) is 25.6 Å². The van der Waals surface area contributed by atoms with Crippen molar-refractivity contribution in [1.82, 2.24) is 10.2 Å². The molecule has 1 aromatic carbocycles. The lowest BCUT2D eigenvalue weighted by molar-refractivity contribution is -0.143. The van der Waals surface area contributed by atoms with Crippen LogP contribution in [0.25, 0.3) is 0 Å². The molecule has 5 atom stereocenters. The highest BCUT2D eigenvalue weighted by atomic mass is 35.5. The van der Waals surface area contributed by atoms with Gasteiger partial charge in [0.2, 0.25) is 17.7 Å². The molecule has 9 heteroatoms. The lowest BCUT2D eigenvalue weighted by Gasteiger charge is -2.30. The largest absolute Gasteiger partial charge is 0.392 e. The SMILES string of the molecule is COCCN1C(=O)[C@@H]2[C@H]([C@H](C)O)N[C@]3(C(=O)Nc4ccc(Cl)cc43)[C@@H]2C1=O. The molecule has 4 rings (SSSR count). The molecule has 1 aromatic rings. The number of carbonyl (C=O) groups is 3. The molecule has 3 amide bonds. The maximum Gasteiger partial charge on any atom is 0.250 e. The average molecular weight is 394 g/mol. The van der Waals surface area contributed by atoms with Crippen LogP contribution in [0.3, 0.4) is 0 Å². The molecule has 2 saturated heterocycles. The zero-order valence-corrected chi connectivity index (χ0v) is 15.6. The van der Waals surface area contributed by atoms with Crippen molar-refractivity contribution in [2.45, 2.75) is 24.6 Å². The molecular weight excluding hydrogens is 374 g/mol. The molecule has 0 aromatic heterocycles. The Kier molecular flexibility index (Phi) is 4.27. The van der Waals surface area contributed by atoms with Crippen LogP contribution in [0, 0.1) is 11.8 Å². The molecule has 3 heterocycles. The van der Waals surface area contributed by atoms with E-state index in [2.05, 4.69) is 10.6 Å². The van der Waals surface area contributed by atoms with Crippen molar-refractivity contribution in [3.05, 3.63) is 28.8 Å². The second kappa shape index (κ2) is 6.27. The van der Waals surface area contributed by atoms with Gasteiger partial charge in [0.05, 0.1) is 31.1 Å². The first-order valence-electron chi connectivity index (χ1n) is 8.74. The number of ether oxygens (including phenoxy) is 1. The third-order valence-corrected chi connectivity index (χ3v) is 5.98. The zero-order valence-electron chi connectivity index (χ0n) is 14.9. The lowest BCUT2D eigenvalue weighted by atomic mass is 9.76. The highest BCUT2D eigenvalue weighted by Crippen LogP contribution is 2.53. The minimum Gasteiger partial charge on any atom is -0.392 e. The quantitative estimate of drug-likeness (QED) is 0.626. The van der Waals surface area contributed by atoms with Crippen molar-refractivity contribution in [2.24, 2.45) is 11.8 Å². The van der Waals surface area contributed by atoms with Crippen LogP contribution in [0.5, 0.6) is 0 Å². The highest BCUT2D eigenvalue weighted by molar-refractivity contribution is 6.31. The Balaban J connectivity index is 1.86. The maximum absolute atomic E-state index is 13.2. The number of fused-ring (bicyclic) bond motifs is 4. The first kappa shape index (κ1) is 18.4. The number of hydrogen-bond donors (Lipinski definition) is 3. The van der Waals surface area contributed by atoms with Gasteiger partial charge in [-0.1, -0.05) is 11.6 Å². The van der Waals surface area contributed by atoms with Crippen LogP contribution in [0.2, 0.25) is 5.02 Å². The highest BCUT2D eigenvalue weighted by Gasteiger charge is 2.71. The number of imide groups is 1. The number of benzene rings is 1. The molecule has 27 heavy (non-hydrogen) atoms. The minimum atomic E-state index is -1.44. The smallest absolute Gasteiger partial charge is 0.250 e. The van der Waals surface area contributed by atoms with E-state index in [0.29, 0.717) is 16.3 Å². The Morgan fingerprint density at radius 2 is 2.07 bits per heavy atom. The predicted molar refractivity (Wildman–Crippen MR) is 95.9 cm³/mol. The fourth-order valence-electron chi connectivity index (χ4n) is 4.58. The van der Waals surface area contributed by atoms with Crippen LogP contribution >= 0.6 is 11.6 Å². The molecule has 2 fully saturated rings. The summed E-state index contributed by atoms with van der Waals surface area (Å²) in [5.41, 5.74) is -0.383. The van der Waals surface area contributed by atoms with Crippen LogP contribution in [0.4, 0.5) is 5.69 Å². The molecule has 3 N–H and O–H groups in total. The Hall–Kier alpha value is -2.00. The topological polar surface area (TPSA) is 108 Å². The van der Waals surface area contributed by atoms with Gasteiger partial charge in [0.25, 0.3) is 0 Å². The van der Waals surface area contributed by atoms with Crippen LogP contribution in [0.1, 0.15) is 12.5 Å². The Labute approximate surface area is 160 Å². The van der Waals surface area contributed by atoms with Crippen LogP contribution in [-0.2, 0) is 24.7 Å². The molecule has 3 aliphatic rings. The van der Waals surface area contributed by atoms with Gasteiger partial charge in [-0.15, -0.1) is 0 Å². The normalized spacial score (nSPS) is 32.8.